The summed E-state index contributed by atoms with van der Waals surface area (Å²) in [6.45, 7) is 5.48. The van der Waals surface area contributed by atoms with Crippen molar-refractivity contribution in [2.75, 3.05) is 39.0 Å². The summed E-state index contributed by atoms with van der Waals surface area (Å²) in [6.07, 6.45) is 1.19. The van der Waals surface area contributed by atoms with Crippen molar-refractivity contribution >= 4 is 15.9 Å². The number of ether oxygens (including phenoxy) is 1. The molecular formula is C15H22N2O4S. The number of aryl methyl sites for hydroxylation is 2. The van der Waals surface area contributed by atoms with E-state index in [0.717, 1.165) is 5.56 Å². The zero-order chi connectivity index (χ0) is 16.3. The van der Waals surface area contributed by atoms with E-state index in [4.69, 9.17) is 4.74 Å². The van der Waals surface area contributed by atoms with Crippen molar-refractivity contribution in [3.05, 3.63) is 29.3 Å². The Hall–Kier alpha value is -1.60. The largest absolute Gasteiger partial charge is 0.484 e. The third kappa shape index (κ3) is 4.20. The van der Waals surface area contributed by atoms with E-state index in [1.54, 1.807) is 4.90 Å². The van der Waals surface area contributed by atoms with Gasteiger partial charge in [0.25, 0.3) is 5.91 Å². The first-order valence-corrected chi connectivity index (χ1v) is 9.05. The first-order chi connectivity index (χ1) is 10.3. The fourth-order valence-corrected chi connectivity index (χ4v) is 3.14. The monoisotopic (exact) mass is 326 g/mol. The van der Waals surface area contributed by atoms with Crippen molar-refractivity contribution in [3.63, 3.8) is 0 Å². The number of rotatable bonds is 4. The number of nitrogens with zero attached hydrogens (tertiary/aromatic N) is 2. The van der Waals surface area contributed by atoms with Crippen LogP contribution in [-0.2, 0) is 14.8 Å². The lowest BCUT2D eigenvalue weighted by Gasteiger charge is -2.33. The highest BCUT2D eigenvalue weighted by molar-refractivity contribution is 7.88. The van der Waals surface area contributed by atoms with Crippen LogP contribution in [0, 0.1) is 13.8 Å². The van der Waals surface area contributed by atoms with Gasteiger partial charge >= 0.3 is 0 Å². The van der Waals surface area contributed by atoms with E-state index in [-0.39, 0.29) is 12.5 Å². The smallest absolute Gasteiger partial charge is 0.260 e. The molecule has 0 atom stereocenters. The molecule has 1 aromatic rings. The van der Waals surface area contributed by atoms with Crippen LogP contribution in [0.5, 0.6) is 5.75 Å². The molecule has 0 unspecified atom stereocenters. The van der Waals surface area contributed by atoms with Crippen LogP contribution in [0.3, 0.4) is 0 Å². The molecule has 1 aromatic carbocycles. The molecule has 0 bridgehead atoms. The highest BCUT2D eigenvalue weighted by Crippen LogP contribution is 2.16. The Morgan fingerprint density at radius 1 is 1.14 bits per heavy atom. The lowest BCUT2D eigenvalue weighted by Crippen LogP contribution is -2.51. The van der Waals surface area contributed by atoms with Crippen LogP contribution in [0.25, 0.3) is 0 Å². The summed E-state index contributed by atoms with van der Waals surface area (Å²) in [6, 6.07) is 5.71. The van der Waals surface area contributed by atoms with Gasteiger partial charge in [0, 0.05) is 26.2 Å². The number of amides is 1. The molecule has 1 aliphatic rings. The fraction of sp³-hybridized carbons (Fsp3) is 0.533. The second-order valence-electron chi connectivity index (χ2n) is 5.58. The molecular weight excluding hydrogens is 304 g/mol. The van der Waals surface area contributed by atoms with E-state index < -0.39 is 10.0 Å². The summed E-state index contributed by atoms with van der Waals surface area (Å²) in [7, 11) is -3.18. The second kappa shape index (κ2) is 6.66. The standard InChI is InChI=1S/C15H22N2O4S/c1-12-4-5-14(10-13(12)2)21-11-15(18)16-6-8-17(9-7-16)22(3,19)20/h4-5,10H,6-9,11H2,1-3H3. The Kier molecular flexibility index (Phi) is 5.08. The topological polar surface area (TPSA) is 66.9 Å². The molecule has 2 rings (SSSR count). The van der Waals surface area contributed by atoms with Gasteiger partial charge in [-0.3, -0.25) is 4.79 Å². The van der Waals surface area contributed by atoms with E-state index in [2.05, 4.69) is 0 Å². The zero-order valence-corrected chi connectivity index (χ0v) is 14.0. The predicted molar refractivity (Wildman–Crippen MR) is 84.4 cm³/mol. The number of benzene rings is 1. The van der Waals surface area contributed by atoms with Crippen molar-refractivity contribution in [1.82, 2.24) is 9.21 Å². The highest BCUT2D eigenvalue weighted by atomic mass is 32.2. The van der Waals surface area contributed by atoms with Gasteiger partial charge in [0.05, 0.1) is 6.26 Å². The average molecular weight is 326 g/mol. The van der Waals surface area contributed by atoms with Crippen LogP contribution in [0.15, 0.2) is 18.2 Å². The molecule has 6 nitrogen and oxygen atoms in total. The minimum atomic E-state index is -3.18. The van der Waals surface area contributed by atoms with Crippen LogP contribution < -0.4 is 4.74 Å². The maximum absolute atomic E-state index is 12.1. The minimum absolute atomic E-state index is 0.0264. The maximum atomic E-state index is 12.1. The molecule has 0 aliphatic carbocycles. The number of hydrogen-bond acceptors (Lipinski definition) is 4. The molecule has 1 aliphatic heterocycles. The molecule has 1 saturated heterocycles. The Morgan fingerprint density at radius 2 is 1.77 bits per heavy atom. The Balaban J connectivity index is 1.85. The third-order valence-electron chi connectivity index (χ3n) is 3.90. The Bertz CT molecular complexity index is 650. The highest BCUT2D eigenvalue weighted by Gasteiger charge is 2.26. The molecule has 0 spiro atoms. The van der Waals surface area contributed by atoms with Gasteiger partial charge in [-0.1, -0.05) is 6.07 Å². The van der Waals surface area contributed by atoms with Gasteiger partial charge in [0.15, 0.2) is 6.61 Å². The third-order valence-corrected chi connectivity index (χ3v) is 5.20. The van der Waals surface area contributed by atoms with E-state index in [1.165, 1.54) is 16.1 Å². The summed E-state index contributed by atoms with van der Waals surface area (Å²) in [5.41, 5.74) is 2.29. The summed E-state index contributed by atoms with van der Waals surface area (Å²) >= 11 is 0. The van der Waals surface area contributed by atoms with Crippen molar-refractivity contribution < 1.29 is 17.9 Å². The first kappa shape index (κ1) is 16.8. The first-order valence-electron chi connectivity index (χ1n) is 7.20. The molecule has 0 saturated carbocycles. The molecule has 0 radical (unpaired) electrons. The van der Waals surface area contributed by atoms with Gasteiger partial charge in [-0.25, -0.2) is 8.42 Å². The Morgan fingerprint density at radius 3 is 2.32 bits per heavy atom. The summed E-state index contributed by atoms with van der Waals surface area (Å²) in [4.78, 5) is 13.8. The van der Waals surface area contributed by atoms with Gasteiger partial charge in [-0.05, 0) is 37.1 Å². The van der Waals surface area contributed by atoms with Gasteiger partial charge in [-0.15, -0.1) is 0 Å². The lowest BCUT2D eigenvalue weighted by molar-refractivity contribution is -0.134. The molecule has 1 heterocycles. The summed E-state index contributed by atoms with van der Waals surface area (Å²) in [5.74, 6) is 0.553. The van der Waals surface area contributed by atoms with Gasteiger partial charge in [0.2, 0.25) is 10.0 Å². The van der Waals surface area contributed by atoms with Crippen molar-refractivity contribution in [2.24, 2.45) is 0 Å². The van der Waals surface area contributed by atoms with Crippen molar-refractivity contribution in [2.45, 2.75) is 13.8 Å². The van der Waals surface area contributed by atoms with Gasteiger partial charge < -0.3 is 9.64 Å². The number of carbonyl (C=O) groups excluding carboxylic acids is 1. The van der Waals surface area contributed by atoms with Crippen LogP contribution in [0.2, 0.25) is 0 Å². The van der Waals surface area contributed by atoms with Crippen molar-refractivity contribution in [3.8, 4) is 5.75 Å². The van der Waals surface area contributed by atoms with Gasteiger partial charge in [0.1, 0.15) is 5.75 Å². The summed E-state index contributed by atoms with van der Waals surface area (Å²) in [5, 5.41) is 0. The quantitative estimate of drug-likeness (QED) is 0.820. The normalized spacial score (nSPS) is 16.6. The van der Waals surface area contributed by atoms with Crippen LogP contribution in [-0.4, -0.2) is 62.6 Å². The number of hydrogen-bond donors (Lipinski definition) is 0. The van der Waals surface area contributed by atoms with Crippen LogP contribution >= 0.6 is 0 Å². The number of piperazine rings is 1. The minimum Gasteiger partial charge on any atom is -0.484 e. The van der Waals surface area contributed by atoms with Crippen LogP contribution in [0.4, 0.5) is 0 Å². The fourth-order valence-electron chi connectivity index (χ4n) is 2.31. The summed E-state index contributed by atoms with van der Waals surface area (Å²) < 4.78 is 29.8. The number of carbonyl (C=O) groups is 1. The molecule has 1 amide bonds. The SMILES string of the molecule is Cc1ccc(OCC(=O)N2CCN(S(C)(=O)=O)CC2)cc1C. The van der Waals surface area contributed by atoms with Gasteiger partial charge in [-0.2, -0.15) is 4.31 Å². The zero-order valence-electron chi connectivity index (χ0n) is 13.2. The van der Waals surface area contributed by atoms with E-state index in [1.807, 2.05) is 32.0 Å². The van der Waals surface area contributed by atoms with E-state index in [0.29, 0.717) is 31.9 Å². The molecule has 122 valence electrons. The van der Waals surface area contributed by atoms with E-state index in [9.17, 15) is 13.2 Å². The molecule has 0 N–H and O–H groups in total. The molecule has 1 fully saturated rings. The lowest BCUT2D eigenvalue weighted by atomic mass is 10.1. The molecule has 7 heteroatoms. The van der Waals surface area contributed by atoms with Crippen molar-refractivity contribution in [1.29, 1.82) is 0 Å². The van der Waals surface area contributed by atoms with Crippen LogP contribution in [0.1, 0.15) is 11.1 Å². The average Bonchev–Trinajstić information content (AvgIpc) is 2.47. The molecule has 0 aromatic heterocycles. The number of sulfonamides is 1. The predicted octanol–water partition coefficient (Wildman–Crippen LogP) is 0.786. The molecule has 22 heavy (non-hydrogen) atoms. The maximum Gasteiger partial charge on any atom is 0.260 e. The van der Waals surface area contributed by atoms with E-state index >= 15 is 0 Å². The Labute approximate surface area is 131 Å². The second-order valence-corrected chi connectivity index (χ2v) is 7.56.